The van der Waals surface area contributed by atoms with E-state index in [-0.39, 0.29) is 16.4 Å². The van der Waals surface area contributed by atoms with Crippen LogP contribution in [0.1, 0.15) is 51.9 Å². The van der Waals surface area contributed by atoms with E-state index in [1.54, 1.807) is 0 Å². The Kier molecular flexibility index (Phi) is 8.12. The Morgan fingerprint density at radius 2 is 1.64 bits per heavy atom. The van der Waals surface area contributed by atoms with Crippen molar-refractivity contribution < 1.29 is 22.5 Å². The van der Waals surface area contributed by atoms with Gasteiger partial charge in [0.15, 0.2) is 5.78 Å². The van der Waals surface area contributed by atoms with Gasteiger partial charge in [-0.3, -0.25) is 8.98 Å². The molecular weight excluding hydrogens is 304 g/mol. The number of phenols is 1. The van der Waals surface area contributed by atoms with Crippen molar-refractivity contribution in [3.05, 3.63) is 24.3 Å². The summed E-state index contributed by atoms with van der Waals surface area (Å²) in [4.78, 5) is 11.6. The van der Waals surface area contributed by atoms with Crippen molar-refractivity contribution in [2.24, 2.45) is 0 Å². The molecule has 0 unspecified atom stereocenters. The van der Waals surface area contributed by atoms with Crippen LogP contribution in [0.5, 0.6) is 5.75 Å². The molecule has 5 nitrogen and oxygen atoms in total. The molecule has 1 aromatic rings. The minimum Gasteiger partial charge on any atom is -0.508 e. The average Bonchev–Trinajstić information content (AvgIpc) is 2.49. The fourth-order valence-electron chi connectivity index (χ4n) is 2.00. The lowest BCUT2D eigenvalue weighted by atomic mass is 10.1. The summed E-state index contributed by atoms with van der Waals surface area (Å²) in [6, 6.07) is 4.99. The Morgan fingerprint density at radius 1 is 1.05 bits per heavy atom. The van der Waals surface area contributed by atoms with Crippen LogP contribution in [0.25, 0.3) is 0 Å². The summed E-state index contributed by atoms with van der Waals surface area (Å²) >= 11 is 0. The Morgan fingerprint density at radius 3 is 2.27 bits per heavy atom. The molecule has 0 saturated carbocycles. The van der Waals surface area contributed by atoms with Crippen molar-refractivity contribution in [2.75, 3.05) is 6.61 Å². The number of hydrogen-bond donors (Lipinski definition) is 1. The molecule has 0 fully saturated rings. The standard InChI is InChI=1S/C16H24O5S/c1-2-3-4-5-6-7-8-15(18)13-21-22(19,20)16-11-9-14(17)10-12-16/h9-12,17H,2-8,13H2,1H3. The number of phenolic OH excluding ortho intramolecular Hbond substituents is 1. The molecule has 0 heterocycles. The summed E-state index contributed by atoms with van der Waals surface area (Å²) in [6.45, 7) is 1.72. The molecular formula is C16H24O5S. The third kappa shape index (κ3) is 7.04. The molecule has 0 amide bonds. The minimum absolute atomic E-state index is 0.0295. The molecule has 0 aliphatic heterocycles. The van der Waals surface area contributed by atoms with Crippen LogP contribution in [0.15, 0.2) is 29.2 Å². The lowest BCUT2D eigenvalue weighted by Crippen LogP contribution is -2.14. The van der Waals surface area contributed by atoms with Crippen molar-refractivity contribution in [3.63, 3.8) is 0 Å². The molecule has 6 heteroatoms. The van der Waals surface area contributed by atoms with Crippen LogP contribution in [-0.2, 0) is 19.1 Å². The van der Waals surface area contributed by atoms with Gasteiger partial charge in [-0.25, -0.2) is 0 Å². The Hall–Kier alpha value is -1.40. The van der Waals surface area contributed by atoms with E-state index in [1.807, 2.05) is 0 Å². The molecule has 0 aliphatic rings. The van der Waals surface area contributed by atoms with Gasteiger partial charge in [-0.1, -0.05) is 39.0 Å². The number of rotatable bonds is 11. The van der Waals surface area contributed by atoms with Gasteiger partial charge in [-0.2, -0.15) is 8.42 Å². The topological polar surface area (TPSA) is 80.7 Å². The fraction of sp³-hybridized carbons (Fsp3) is 0.562. The molecule has 0 saturated heterocycles. The van der Waals surface area contributed by atoms with Gasteiger partial charge in [0, 0.05) is 6.42 Å². The van der Waals surface area contributed by atoms with Crippen LogP contribution in [0.4, 0.5) is 0 Å². The van der Waals surface area contributed by atoms with Crippen LogP contribution < -0.4 is 0 Å². The number of aromatic hydroxyl groups is 1. The van der Waals surface area contributed by atoms with E-state index in [4.69, 9.17) is 9.29 Å². The molecule has 0 atom stereocenters. The number of Topliss-reactive ketones (excluding diaryl/α,β-unsaturated/α-hetero) is 1. The van der Waals surface area contributed by atoms with Gasteiger partial charge in [-0.05, 0) is 30.7 Å². The number of benzene rings is 1. The van der Waals surface area contributed by atoms with Crippen molar-refractivity contribution in [1.82, 2.24) is 0 Å². The molecule has 1 aromatic carbocycles. The predicted octanol–water partition coefficient (Wildman–Crippen LogP) is 3.42. The highest BCUT2D eigenvalue weighted by Crippen LogP contribution is 2.16. The Balaban J connectivity index is 2.29. The second kappa shape index (κ2) is 9.58. The van der Waals surface area contributed by atoms with Gasteiger partial charge in [-0.15, -0.1) is 0 Å². The summed E-state index contributed by atoms with van der Waals surface area (Å²) in [7, 11) is -3.95. The van der Waals surface area contributed by atoms with Gasteiger partial charge in [0.2, 0.25) is 0 Å². The first-order chi connectivity index (χ1) is 10.5. The molecule has 0 spiro atoms. The van der Waals surface area contributed by atoms with E-state index in [9.17, 15) is 13.2 Å². The maximum absolute atomic E-state index is 11.8. The molecule has 0 aromatic heterocycles. The highest BCUT2D eigenvalue weighted by atomic mass is 32.2. The number of unbranched alkanes of at least 4 members (excludes halogenated alkanes) is 5. The number of carbonyl (C=O) groups is 1. The number of hydrogen-bond acceptors (Lipinski definition) is 5. The molecule has 0 radical (unpaired) electrons. The van der Waals surface area contributed by atoms with Crippen LogP contribution in [0.3, 0.4) is 0 Å². The van der Waals surface area contributed by atoms with Crippen LogP contribution in [-0.4, -0.2) is 25.9 Å². The van der Waals surface area contributed by atoms with Gasteiger partial charge < -0.3 is 5.11 Å². The Bertz CT molecular complexity index is 548. The molecule has 1 N–H and O–H groups in total. The van der Waals surface area contributed by atoms with Gasteiger partial charge >= 0.3 is 0 Å². The fourth-order valence-corrected chi connectivity index (χ4v) is 2.89. The maximum atomic E-state index is 11.8. The Labute approximate surface area is 132 Å². The SMILES string of the molecule is CCCCCCCCC(=O)COS(=O)(=O)c1ccc(O)cc1. The molecule has 22 heavy (non-hydrogen) atoms. The van der Waals surface area contributed by atoms with Gasteiger partial charge in [0.05, 0.1) is 4.90 Å². The van der Waals surface area contributed by atoms with E-state index in [1.165, 1.54) is 43.5 Å². The van der Waals surface area contributed by atoms with Crippen molar-refractivity contribution in [3.8, 4) is 5.75 Å². The summed E-state index contributed by atoms with van der Waals surface area (Å²) < 4.78 is 28.4. The lowest BCUT2D eigenvalue weighted by molar-refractivity contribution is -0.121. The molecule has 0 aliphatic carbocycles. The van der Waals surface area contributed by atoms with E-state index < -0.39 is 16.7 Å². The highest BCUT2D eigenvalue weighted by molar-refractivity contribution is 7.86. The monoisotopic (exact) mass is 328 g/mol. The first-order valence-electron chi connectivity index (χ1n) is 7.66. The zero-order chi connectivity index (χ0) is 16.4. The van der Waals surface area contributed by atoms with Crippen LogP contribution in [0.2, 0.25) is 0 Å². The summed E-state index contributed by atoms with van der Waals surface area (Å²) in [5, 5.41) is 9.13. The first-order valence-corrected chi connectivity index (χ1v) is 9.06. The number of carbonyl (C=O) groups excluding carboxylic acids is 1. The van der Waals surface area contributed by atoms with Crippen molar-refractivity contribution in [2.45, 2.75) is 56.8 Å². The first kappa shape index (κ1) is 18.6. The van der Waals surface area contributed by atoms with Crippen LogP contribution in [0, 0.1) is 0 Å². The lowest BCUT2D eigenvalue weighted by Gasteiger charge is -2.05. The van der Waals surface area contributed by atoms with Crippen molar-refractivity contribution in [1.29, 1.82) is 0 Å². The summed E-state index contributed by atoms with van der Waals surface area (Å²) in [5.41, 5.74) is 0. The van der Waals surface area contributed by atoms with Gasteiger partial charge in [0.25, 0.3) is 10.1 Å². The zero-order valence-corrected chi connectivity index (χ0v) is 13.8. The highest BCUT2D eigenvalue weighted by Gasteiger charge is 2.16. The van der Waals surface area contributed by atoms with Gasteiger partial charge in [0.1, 0.15) is 12.4 Å². The van der Waals surface area contributed by atoms with E-state index in [0.29, 0.717) is 6.42 Å². The molecule has 124 valence electrons. The quantitative estimate of drug-likeness (QED) is 0.497. The number of ketones is 1. The van der Waals surface area contributed by atoms with Crippen molar-refractivity contribution >= 4 is 15.9 Å². The summed E-state index contributed by atoms with van der Waals surface area (Å²) in [6.07, 6.45) is 6.77. The normalized spacial score (nSPS) is 11.5. The van der Waals surface area contributed by atoms with Crippen LogP contribution >= 0.6 is 0 Å². The molecule has 0 bridgehead atoms. The van der Waals surface area contributed by atoms with E-state index in [2.05, 4.69) is 6.92 Å². The third-order valence-corrected chi connectivity index (χ3v) is 4.59. The minimum atomic E-state index is -3.95. The smallest absolute Gasteiger partial charge is 0.297 e. The zero-order valence-electron chi connectivity index (χ0n) is 13.0. The second-order valence-corrected chi connectivity index (χ2v) is 6.88. The second-order valence-electron chi connectivity index (χ2n) is 5.27. The maximum Gasteiger partial charge on any atom is 0.297 e. The predicted molar refractivity (Wildman–Crippen MR) is 84.2 cm³/mol. The average molecular weight is 328 g/mol. The molecule has 1 rings (SSSR count). The summed E-state index contributed by atoms with van der Waals surface area (Å²) in [5.74, 6) is -0.240. The largest absolute Gasteiger partial charge is 0.508 e. The van der Waals surface area contributed by atoms with E-state index >= 15 is 0 Å². The third-order valence-electron chi connectivity index (χ3n) is 3.31. The van der Waals surface area contributed by atoms with E-state index in [0.717, 1.165) is 19.3 Å².